The highest BCUT2D eigenvalue weighted by Gasteiger charge is 2.14. The monoisotopic (exact) mass is 262 g/mol. The molecule has 1 aliphatic rings. The first-order valence-corrected chi connectivity index (χ1v) is 7.24. The highest BCUT2D eigenvalue weighted by molar-refractivity contribution is 5.36. The summed E-state index contributed by atoms with van der Waals surface area (Å²) in [6.07, 6.45) is 3.91. The summed E-state index contributed by atoms with van der Waals surface area (Å²) in [5, 5.41) is 3.56. The smallest absolute Gasteiger partial charge is 0.123 e. The molecule has 1 atom stereocenters. The molecule has 0 aliphatic carbocycles. The SMILES string of the molecule is COc1ccc(C)cc1CN(C)CCC1CCCN1. The molecular weight excluding hydrogens is 236 g/mol. The highest BCUT2D eigenvalue weighted by atomic mass is 16.5. The summed E-state index contributed by atoms with van der Waals surface area (Å²) in [5.41, 5.74) is 2.58. The van der Waals surface area contributed by atoms with Crippen molar-refractivity contribution in [3.8, 4) is 5.75 Å². The minimum Gasteiger partial charge on any atom is -0.496 e. The van der Waals surface area contributed by atoms with Crippen LogP contribution in [0, 0.1) is 6.92 Å². The minimum absolute atomic E-state index is 0.724. The predicted molar refractivity (Wildman–Crippen MR) is 79.7 cm³/mol. The molecule has 106 valence electrons. The molecule has 1 aromatic carbocycles. The standard InChI is InChI=1S/C16H26N2O/c1-13-6-7-16(19-3)14(11-13)12-18(2)10-8-15-5-4-9-17-15/h6-7,11,15,17H,4-5,8-10,12H2,1-3H3. The van der Waals surface area contributed by atoms with Crippen molar-refractivity contribution in [1.29, 1.82) is 0 Å². The van der Waals surface area contributed by atoms with Gasteiger partial charge in [0.1, 0.15) is 5.75 Å². The van der Waals surface area contributed by atoms with Crippen molar-refractivity contribution in [3.63, 3.8) is 0 Å². The minimum atomic E-state index is 0.724. The highest BCUT2D eigenvalue weighted by Crippen LogP contribution is 2.21. The lowest BCUT2D eigenvalue weighted by Gasteiger charge is -2.20. The van der Waals surface area contributed by atoms with E-state index >= 15 is 0 Å². The lowest BCUT2D eigenvalue weighted by Crippen LogP contribution is -2.28. The first-order chi connectivity index (χ1) is 9.19. The molecule has 0 radical (unpaired) electrons. The van der Waals surface area contributed by atoms with Crippen molar-refractivity contribution in [1.82, 2.24) is 10.2 Å². The van der Waals surface area contributed by atoms with Gasteiger partial charge in [-0.1, -0.05) is 17.7 Å². The lowest BCUT2D eigenvalue weighted by molar-refractivity contribution is 0.299. The normalized spacial score (nSPS) is 19.1. The molecule has 1 saturated heterocycles. The van der Waals surface area contributed by atoms with E-state index in [9.17, 15) is 0 Å². The van der Waals surface area contributed by atoms with Crippen LogP contribution in [0.3, 0.4) is 0 Å². The molecule has 1 fully saturated rings. The zero-order chi connectivity index (χ0) is 13.7. The van der Waals surface area contributed by atoms with Gasteiger partial charge < -0.3 is 15.0 Å². The Bertz CT molecular complexity index is 400. The number of aryl methyl sites for hydroxylation is 1. The Hall–Kier alpha value is -1.06. The first-order valence-electron chi connectivity index (χ1n) is 7.24. The van der Waals surface area contributed by atoms with Crippen LogP contribution < -0.4 is 10.1 Å². The molecule has 0 saturated carbocycles. The van der Waals surface area contributed by atoms with Gasteiger partial charge in [-0.15, -0.1) is 0 Å². The molecule has 2 rings (SSSR count). The fourth-order valence-corrected chi connectivity index (χ4v) is 2.78. The number of nitrogens with one attached hydrogen (secondary N) is 1. The number of nitrogens with zero attached hydrogens (tertiary/aromatic N) is 1. The maximum Gasteiger partial charge on any atom is 0.123 e. The van der Waals surface area contributed by atoms with E-state index < -0.39 is 0 Å². The van der Waals surface area contributed by atoms with Crippen molar-refractivity contribution in [3.05, 3.63) is 29.3 Å². The van der Waals surface area contributed by atoms with Crippen molar-refractivity contribution < 1.29 is 4.74 Å². The van der Waals surface area contributed by atoms with Crippen LogP contribution in [-0.4, -0.2) is 38.2 Å². The molecule has 0 spiro atoms. The molecule has 0 amide bonds. The van der Waals surface area contributed by atoms with E-state index in [-0.39, 0.29) is 0 Å². The third kappa shape index (κ3) is 4.22. The van der Waals surface area contributed by atoms with Crippen LogP contribution >= 0.6 is 0 Å². The summed E-state index contributed by atoms with van der Waals surface area (Å²) < 4.78 is 5.44. The van der Waals surface area contributed by atoms with Gasteiger partial charge in [0.15, 0.2) is 0 Å². The van der Waals surface area contributed by atoms with Gasteiger partial charge in [0, 0.05) is 18.2 Å². The maximum atomic E-state index is 5.44. The Morgan fingerprint density at radius 2 is 2.26 bits per heavy atom. The van der Waals surface area contributed by atoms with Crippen LogP contribution in [0.4, 0.5) is 0 Å². The van der Waals surface area contributed by atoms with Gasteiger partial charge in [-0.2, -0.15) is 0 Å². The summed E-state index contributed by atoms with van der Waals surface area (Å²) in [5.74, 6) is 0.997. The van der Waals surface area contributed by atoms with E-state index in [1.165, 1.54) is 36.9 Å². The summed E-state index contributed by atoms with van der Waals surface area (Å²) in [6, 6.07) is 7.12. The average molecular weight is 262 g/mol. The Kier molecular flexibility index (Phi) is 5.23. The fraction of sp³-hybridized carbons (Fsp3) is 0.625. The third-order valence-corrected chi connectivity index (χ3v) is 3.90. The van der Waals surface area contributed by atoms with Gasteiger partial charge in [-0.05, 0) is 52.4 Å². The second kappa shape index (κ2) is 6.92. The number of ether oxygens (including phenoxy) is 1. The summed E-state index contributed by atoms with van der Waals surface area (Å²) in [4.78, 5) is 2.39. The van der Waals surface area contributed by atoms with Gasteiger partial charge >= 0.3 is 0 Å². The Morgan fingerprint density at radius 3 is 2.95 bits per heavy atom. The topological polar surface area (TPSA) is 24.5 Å². The number of benzene rings is 1. The average Bonchev–Trinajstić information content (AvgIpc) is 2.90. The van der Waals surface area contributed by atoms with E-state index in [0.717, 1.165) is 24.9 Å². The zero-order valence-corrected chi connectivity index (χ0v) is 12.4. The second-order valence-electron chi connectivity index (χ2n) is 5.64. The molecule has 3 heteroatoms. The van der Waals surface area contributed by atoms with E-state index in [1.807, 2.05) is 0 Å². The molecule has 1 unspecified atom stereocenters. The summed E-state index contributed by atoms with van der Waals surface area (Å²) in [7, 11) is 3.94. The fourth-order valence-electron chi connectivity index (χ4n) is 2.78. The number of hydrogen-bond donors (Lipinski definition) is 1. The third-order valence-electron chi connectivity index (χ3n) is 3.90. The first kappa shape index (κ1) is 14.4. The molecule has 1 heterocycles. The molecule has 19 heavy (non-hydrogen) atoms. The van der Waals surface area contributed by atoms with Gasteiger partial charge in [-0.3, -0.25) is 0 Å². The molecule has 0 bridgehead atoms. The van der Waals surface area contributed by atoms with Gasteiger partial charge in [0.25, 0.3) is 0 Å². The Morgan fingerprint density at radius 1 is 1.42 bits per heavy atom. The number of hydrogen-bond acceptors (Lipinski definition) is 3. The quantitative estimate of drug-likeness (QED) is 0.853. The summed E-state index contributed by atoms with van der Waals surface area (Å²) in [6.45, 7) is 5.41. The Balaban J connectivity index is 1.86. The second-order valence-corrected chi connectivity index (χ2v) is 5.64. The Labute approximate surface area is 116 Å². The number of rotatable bonds is 6. The molecular formula is C16H26N2O. The zero-order valence-electron chi connectivity index (χ0n) is 12.4. The van der Waals surface area contributed by atoms with Crippen LogP contribution in [0.5, 0.6) is 5.75 Å². The van der Waals surface area contributed by atoms with Crippen molar-refractivity contribution in [2.45, 2.75) is 38.8 Å². The number of methoxy groups -OCH3 is 1. The molecule has 1 aliphatic heterocycles. The van der Waals surface area contributed by atoms with Crippen LogP contribution in [0.25, 0.3) is 0 Å². The van der Waals surface area contributed by atoms with E-state index in [4.69, 9.17) is 4.74 Å². The lowest BCUT2D eigenvalue weighted by atomic mass is 10.1. The van der Waals surface area contributed by atoms with Crippen molar-refractivity contribution >= 4 is 0 Å². The van der Waals surface area contributed by atoms with Crippen LogP contribution in [0.15, 0.2) is 18.2 Å². The van der Waals surface area contributed by atoms with E-state index in [2.05, 4.69) is 42.4 Å². The maximum absolute atomic E-state index is 5.44. The van der Waals surface area contributed by atoms with E-state index in [1.54, 1.807) is 7.11 Å². The van der Waals surface area contributed by atoms with Gasteiger partial charge in [0.05, 0.1) is 7.11 Å². The summed E-state index contributed by atoms with van der Waals surface area (Å²) >= 11 is 0. The molecule has 0 aromatic heterocycles. The van der Waals surface area contributed by atoms with Crippen molar-refractivity contribution in [2.24, 2.45) is 0 Å². The van der Waals surface area contributed by atoms with Gasteiger partial charge in [-0.25, -0.2) is 0 Å². The van der Waals surface area contributed by atoms with Gasteiger partial charge in [0.2, 0.25) is 0 Å². The molecule has 1 N–H and O–H groups in total. The predicted octanol–water partition coefficient (Wildman–Crippen LogP) is 2.58. The molecule has 1 aromatic rings. The van der Waals surface area contributed by atoms with Crippen LogP contribution in [0.2, 0.25) is 0 Å². The molecule has 3 nitrogen and oxygen atoms in total. The van der Waals surface area contributed by atoms with Crippen LogP contribution in [-0.2, 0) is 6.54 Å². The van der Waals surface area contributed by atoms with E-state index in [0.29, 0.717) is 0 Å². The van der Waals surface area contributed by atoms with Crippen LogP contribution in [0.1, 0.15) is 30.4 Å². The van der Waals surface area contributed by atoms with Crippen molar-refractivity contribution in [2.75, 3.05) is 27.2 Å². The largest absolute Gasteiger partial charge is 0.496 e.